The second kappa shape index (κ2) is 15.4. The fraction of sp³-hybridized carbons (Fsp3) is 0.273. The van der Waals surface area contributed by atoms with E-state index in [9.17, 15) is 0 Å². The molecular formula is C44H38O2. The van der Waals surface area contributed by atoms with E-state index in [1.165, 1.54) is 22.3 Å². The highest BCUT2D eigenvalue weighted by Gasteiger charge is 2.22. The van der Waals surface area contributed by atoms with Crippen molar-refractivity contribution in [1.29, 1.82) is 0 Å². The summed E-state index contributed by atoms with van der Waals surface area (Å²) in [6.07, 6.45) is 6.34. The van der Waals surface area contributed by atoms with Crippen molar-refractivity contribution in [2.24, 2.45) is 0 Å². The Bertz CT molecular complexity index is 1820. The van der Waals surface area contributed by atoms with Gasteiger partial charge in [-0.3, -0.25) is 0 Å². The fourth-order valence-electron chi connectivity index (χ4n) is 6.01. The summed E-state index contributed by atoms with van der Waals surface area (Å²) < 4.78 is 11.9. The van der Waals surface area contributed by atoms with Crippen LogP contribution in [0.5, 0.6) is 0 Å². The van der Waals surface area contributed by atoms with E-state index in [2.05, 4.69) is 73.3 Å². The minimum absolute atomic E-state index is 0.560. The summed E-state index contributed by atoms with van der Waals surface area (Å²) in [4.78, 5) is 0. The van der Waals surface area contributed by atoms with Gasteiger partial charge in [0, 0.05) is 55.6 Å². The summed E-state index contributed by atoms with van der Waals surface area (Å²) in [6, 6.07) is 24.7. The van der Waals surface area contributed by atoms with E-state index in [-0.39, 0.29) is 0 Å². The molecule has 2 heteroatoms. The first-order chi connectivity index (χ1) is 22.7. The summed E-state index contributed by atoms with van der Waals surface area (Å²) in [6.45, 7) is 6.69. The van der Waals surface area contributed by atoms with Gasteiger partial charge in [-0.25, -0.2) is 0 Å². The molecule has 0 N–H and O–H groups in total. The summed E-state index contributed by atoms with van der Waals surface area (Å²) in [5.41, 5.74) is 13.4. The fourth-order valence-corrected chi connectivity index (χ4v) is 6.01. The van der Waals surface area contributed by atoms with Gasteiger partial charge in [0.2, 0.25) is 0 Å². The molecule has 0 amide bonds. The third kappa shape index (κ3) is 7.29. The molecule has 0 radical (unpaired) electrons. The van der Waals surface area contributed by atoms with Crippen LogP contribution in [-0.4, -0.2) is 0 Å². The first kappa shape index (κ1) is 31.0. The van der Waals surface area contributed by atoms with Crippen LogP contribution in [0.1, 0.15) is 106 Å². The van der Waals surface area contributed by atoms with E-state index in [0.29, 0.717) is 26.4 Å². The number of aryl methyl sites for hydroxylation is 2. The molecule has 2 aliphatic rings. The number of benzene rings is 4. The third-order valence-corrected chi connectivity index (χ3v) is 8.51. The van der Waals surface area contributed by atoms with Crippen LogP contribution >= 0.6 is 0 Å². The van der Waals surface area contributed by atoms with Gasteiger partial charge in [0.25, 0.3) is 0 Å². The zero-order valence-electron chi connectivity index (χ0n) is 26.8. The Morgan fingerprint density at radius 3 is 1.33 bits per heavy atom. The van der Waals surface area contributed by atoms with Crippen molar-refractivity contribution in [3.63, 3.8) is 0 Å². The van der Waals surface area contributed by atoms with Crippen molar-refractivity contribution >= 4 is 0 Å². The first-order valence-electron chi connectivity index (χ1n) is 16.4. The molecule has 0 fully saturated rings. The Balaban J connectivity index is 1.37. The molecule has 0 aliphatic carbocycles. The maximum atomic E-state index is 5.95. The van der Waals surface area contributed by atoms with Gasteiger partial charge in [0.1, 0.15) is 0 Å². The number of hydrogen-bond acceptors (Lipinski definition) is 2. The lowest BCUT2D eigenvalue weighted by Gasteiger charge is -2.11. The Labute approximate surface area is 274 Å². The predicted octanol–water partition coefficient (Wildman–Crippen LogP) is 8.64. The minimum Gasteiger partial charge on any atom is -0.372 e. The van der Waals surface area contributed by atoms with E-state index in [4.69, 9.17) is 9.47 Å². The van der Waals surface area contributed by atoms with Gasteiger partial charge in [0.15, 0.2) is 0 Å². The Kier molecular flexibility index (Phi) is 10.4. The molecular weight excluding hydrogens is 560 g/mol. The van der Waals surface area contributed by atoms with Gasteiger partial charge in [0.05, 0.1) is 26.4 Å². The molecule has 2 nitrogen and oxygen atoms in total. The molecule has 0 atom stereocenters. The van der Waals surface area contributed by atoms with Crippen molar-refractivity contribution in [3.8, 4) is 47.4 Å². The number of fused-ring (bicyclic) bond motifs is 2. The minimum atomic E-state index is 0.560. The highest BCUT2D eigenvalue weighted by Crippen LogP contribution is 2.32. The maximum Gasteiger partial charge on any atom is 0.0737 e. The molecule has 6 rings (SSSR count). The van der Waals surface area contributed by atoms with Gasteiger partial charge in [-0.15, -0.1) is 0 Å². The molecule has 0 aromatic heterocycles. The lowest BCUT2D eigenvalue weighted by atomic mass is 9.90. The lowest BCUT2D eigenvalue weighted by molar-refractivity contribution is 0.134. The molecule has 0 spiro atoms. The zero-order valence-corrected chi connectivity index (χ0v) is 26.8. The quantitative estimate of drug-likeness (QED) is 0.207. The molecule has 4 aromatic carbocycles. The Morgan fingerprint density at radius 2 is 0.913 bits per heavy atom. The summed E-state index contributed by atoms with van der Waals surface area (Å²) in [7, 11) is 0. The summed E-state index contributed by atoms with van der Waals surface area (Å²) in [5.74, 6) is 27.0. The van der Waals surface area contributed by atoms with Crippen molar-refractivity contribution in [1.82, 2.24) is 0 Å². The summed E-state index contributed by atoms with van der Waals surface area (Å²) >= 11 is 0. The van der Waals surface area contributed by atoms with Crippen molar-refractivity contribution < 1.29 is 9.47 Å². The average Bonchev–Trinajstić information content (AvgIpc) is 3.79. The molecule has 0 unspecified atom stereocenters. The topological polar surface area (TPSA) is 18.5 Å². The molecule has 0 saturated carbocycles. The SMILES string of the molecule is CCCCc1cc(C#Cc2ccccc2)c2c(c1C#CC#Cc1c(CCCC)cc(C#Cc3ccccc3)c3c1COC3)COC2. The number of unbranched alkanes of at least 4 members (excludes halogenated alkanes) is 2. The van der Waals surface area contributed by atoms with Gasteiger partial charge in [-0.1, -0.05) is 98.6 Å². The molecule has 2 aliphatic heterocycles. The van der Waals surface area contributed by atoms with Crippen LogP contribution < -0.4 is 0 Å². The smallest absolute Gasteiger partial charge is 0.0737 e. The molecule has 46 heavy (non-hydrogen) atoms. The number of ether oxygens (including phenoxy) is 2. The maximum absolute atomic E-state index is 5.95. The molecule has 226 valence electrons. The van der Waals surface area contributed by atoms with Crippen molar-refractivity contribution in [2.45, 2.75) is 78.8 Å². The van der Waals surface area contributed by atoms with Gasteiger partial charge < -0.3 is 9.47 Å². The van der Waals surface area contributed by atoms with Crippen LogP contribution in [-0.2, 0) is 48.7 Å². The van der Waals surface area contributed by atoms with Crippen LogP contribution in [0.15, 0.2) is 72.8 Å². The standard InChI is InChI=1S/C44H38O2/c1-3-5-19-35-27-37(25-23-33-15-9-7-10-16-33)41-29-45-31-43(41)39(35)21-13-14-22-40-36(20-6-4-2)28-38(42-30-46-32-44(40)42)26-24-34-17-11-8-12-18-34/h7-12,15-18,27-28H,3-6,19-20,29-32H2,1-2H3. The molecule has 0 saturated heterocycles. The Hall–Kier alpha value is -4.96. The van der Waals surface area contributed by atoms with Crippen molar-refractivity contribution in [2.75, 3.05) is 0 Å². The molecule has 2 heterocycles. The first-order valence-corrected chi connectivity index (χ1v) is 16.4. The number of hydrogen-bond donors (Lipinski definition) is 0. The Morgan fingerprint density at radius 1 is 0.500 bits per heavy atom. The highest BCUT2D eigenvalue weighted by molar-refractivity contribution is 5.63. The van der Waals surface area contributed by atoms with Crippen LogP contribution in [0.3, 0.4) is 0 Å². The lowest BCUT2D eigenvalue weighted by Crippen LogP contribution is -2.01. The zero-order chi connectivity index (χ0) is 31.6. The van der Waals surface area contributed by atoms with Crippen molar-refractivity contribution in [3.05, 3.63) is 140 Å². The van der Waals surface area contributed by atoms with Crippen LogP contribution in [0.2, 0.25) is 0 Å². The van der Waals surface area contributed by atoms with Crippen LogP contribution in [0, 0.1) is 47.4 Å². The largest absolute Gasteiger partial charge is 0.372 e. The van der Waals surface area contributed by atoms with E-state index in [1.54, 1.807) is 0 Å². The molecule has 4 aromatic rings. The molecule has 0 bridgehead atoms. The number of rotatable bonds is 6. The van der Waals surface area contributed by atoms with Crippen LogP contribution in [0.4, 0.5) is 0 Å². The van der Waals surface area contributed by atoms with E-state index in [1.807, 2.05) is 60.7 Å². The van der Waals surface area contributed by atoms with E-state index in [0.717, 1.165) is 83.0 Å². The summed E-state index contributed by atoms with van der Waals surface area (Å²) in [5, 5.41) is 0. The van der Waals surface area contributed by atoms with E-state index >= 15 is 0 Å². The highest BCUT2D eigenvalue weighted by atomic mass is 16.5. The second-order valence-electron chi connectivity index (χ2n) is 11.8. The van der Waals surface area contributed by atoms with E-state index < -0.39 is 0 Å². The predicted molar refractivity (Wildman–Crippen MR) is 186 cm³/mol. The second-order valence-corrected chi connectivity index (χ2v) is 11.8. The van der Waals surface area contributed by atoms with Crippen LogP contribution in [0.25, 0.3) is 0 Å². The van der Waals surface area contributed by atoms with Gasteiger partial charge >= 0.3 is 0 Å². The van der Waals surface area contributed by atoms with Gasteiger partial charge in [-0.2, -0.15) is 0 Å². The third-order valence-electron chi connectivity index (χ3n) is 8.51. The normalized spacial score (nSPS) is 12.3. The van der Waals surface area contributed by atoms with Gasteiger partial charge in [-0.05, 0) is 85.0 Å². The monoisotopic (exact) mass is 598 g/mol. The average molecular weight is 599 g/mol.